The normalized spacial score (nSPS) is 10.6. The Hall–Kier alpha value is -7.71. The molecule has 0 aliphatic heterocycles. The minimum Gasteiger partial charge on any atom is -0.265 e. The molecule has 0 aliphatic rings. The summed E-state index contributed by atoms with van der Waals surface area (Å²) in [6, 6.07) is 62.9. The summed E-state index contributed by atoms with van der Waals surface area (Å²) in [5.74, 6) is 3.37. The lowest BCUT2D eigenvalue weighted by molar-refractivity contribution is -0.138. The van der Waals surface area contributed by atoms with Crippen molar-refractivity contribution in [1.82, 2.24) is 15.0 Å². The van der Waals surface area contributed by atoms with Gasteiger partial charge in [0.1, 0.15) is 29.1 Å². The number of rotatable bonds is 11. The first-order valence-electron chi connectivity index (χ1n) is 38.6. The van der Waals surface area contributed by atoms with E-state index in [2.05, 4.69) is 175 Å². The van der Waals surface area contributed by atoms with Crippen LogP contribution in [-0.2, 0) is 6.18 Å². The molecule has 618 valence electrons. The van der Waals surface area contributed by atoms with Crippen LogP contribution in [0.3, 0.4) is 0 Å². The summed E-state index contributed by atoms with van der Waals surface area (Å²) in [5.41, 5.74) is 12.6. The average molecular weight is 1710 g/mol. The summed E-state index contributed by atoms with van der Waals surface area (Å²) < 4.78 is 102. The predicted octanol–water partition coefficient (Wildman–Crippen LogP) is 34.5. The highest BCUT2D eigenvalue weighted by Crippen LogP contribution is 2.35. The summed E-state index contributed by atoms with van der Waals surface area (Å²) >= 11 is 25.7. The maximum atomic E-state index is 13.0. The van der Waals surface area contributed by atoms with Gasteiger partial charge in [-0.1, -0.05) is 313 Å². The highest BCUT2D eigenvalue weighted by molar-refractivity contribution is 9.10. The molecular weight excluding hydrogens is 1590 g/mol. The van der Waals surface area contributed by atoms with Gasteiger partial charge in [0.25, 0.3) is 0 Å². The molecule has 0 atom stereocenters. The Bertz CT molecular complexity index is 4100. The van der Waals surface area contributed by atoms with Gasteiger partial charge >= 0.3 is 6.18 Å². The molecule has 0 bridgehead atoms. The van der Waals surface area contributed by atoms with Crippen molar-refractivity contribution in [3.8, 4) is 0 Å². The Kier molecular flexibility index (Phi) is 51.0. The molecule has 3 aromatic heterocycles. The van der Waals surface area contributed by atoms with Crippen molar-refractivity contribution in [2.75, 3.05) is 0 Å². The van der Waals surface area contributed by atoms with Gasteiger partial charge in [-0.15, -0.1) is 0 Å². The van der Waals surface area contributed by atoms with E-state index in [1.54, 1.807) is 56.4 Å². The van der Waals surface area contributed by atoms with Gasteiger partial charge in [0.15, 0.2) is 0 Å². The van der Waals surface area contributed by atoms with Crippen LogP contribution in [0.15, 0.2) is 248 Å². The molecule has 0 N–H and O–H groups in total. The largest absolute Gasteiger partial charge is 0.416 e. The monoisotopic (exact) mass is 1710 g/mol. The molecule has 11 rings (SSSR count). The van der Waals surface area contributed by atoms with Gasteiger partial charge in [0.05, 0.1) is 15.1 Å². The van der Waals surface area contributed by atoms with E-state index in [9.17, 15) is 35.1 Å². The molecule has 0 amide bonds. The fourth-order valence-electron chi connectivity index (χ4n) is 9.90. The van der Waals surface area contributed by atoms with Crippen LogP contribution >= 0.6 is 62.3 Å². The van der Waals surface area contributed by atoms with E-state index in [1.165, 1.54) is 82.4 Å². The zero-order chi connectivity index (χ0) is 86.5. The maximum Gasteiger partial charge on any atom is 0.416 e. The van der Waals surface area contributed by atoms with Gasteiger partial charge in [-0.25, -0.2) is 22.0 Å². The highest BCUT2D eigenvalue weighted by atomic mass is 79.9. The zero-order valence-electron chi connectivity index (χ0n) is 70.7. The summed E-state index contributed by atoms with van der Waals surface area (Å²) in [7, 11) is 0. The Morgan fingerprint density at radius 2 is 0.789 bits per heavy atom. The number of aromatic nitrogens is 3. The number of alkyl halides is 3. The zero-order valence-corrected chi connectivity index (χ0v) is 75.3. The number of hydrogen-bond acceptors (Lipinski definition) is 3. The molecular formula is C98H120BrCl4F8N3. The van der Waals surface area contributed by atoms with Gasteiger partial charge in [-0.2, -0.15) is 13.2 Å². The lowest BCUT2D eigenvalue weighted by atomic mass is 9.97. The van der Waals surface area contributed by atoms with Crippen LogP contribution in [-0.4, -0.2) is 15.0 Å². The van der Waals surface area contributed by atoms with Crippen LogP contribution in [0.4, 0.5) is 35.1 Å². The second kappa shape index (κ2) is 55.8. The molecule has 11 aromatic rings. The molecule has 16 heteroatoms. The molecule has 8 aromatic carbocycles. The summed E-state index contributed by atoms with van der Waals surface area (Å²) in [5, 5.41) is 1.62. The van der Waals surface area contributed by atoms with Gasteiger partial charge in [-0.05, 0) is 247 Å². The van der Waals surface area contributed by atoms with E-state index in [-0.39, 0.29) is 45.9 Å². The molecule has 114 heavy (non-hydrogen) atoms. The number of aryl methyl sites for hydroxylation is 1. The lowest BCUT2D eigenvalue weighted by Gasteiger charge is -2.14. The lowest BCUT2D eigenvalue weighted by Crippen LogP contribution is -2.09. The fourth-order valence-corrected chi connectivity index (χ4v) is 11.2. The van der Waals surface area contributed by atoms with Crippen LogP contribution in [0.2, 0.25) is 20.1 Å². The van der Waals surface area contributed by atoms with Crippen molar-refractivity contribution in [3.63, 3.8) is 0 Å². The first-order valence-corrected chi connectivity index (χ1v) is 40.9. The van der Waals surface area contributed by atoms with Crippen LogP contribution in [0.5, 0.6) is 0 Å². The van der Waals surface area contributed by atoms with Crippen LogP contribution in [0.1, 0.15) is 290 Å². The molecule has 0 spiro atoms. The topological polar surface area (TPSA) is 38.7 Å². The number of nitrogens with zero attached hydrogens (tertiary/aromatic N) is 3. The van der Waals surface area contributed by atoms with Gasteiger partial charge < -0.3 is 0 Å². The Morgan fingerprint density at radius 1 is 0.298 bits per heavy atom. The van der Waals surface area contributed by atoms with Crippen LogP contribution in [0, 0.1) is 36.0 Å². The minimum absolute atomic E-state index is 0.0992. The fraction of sp³-hybridized carbons (Fsp3) is 0.357. The smallest absolute Gasteiger partial charge is 0.265 e. The molecule has 0 saturated carbocycles. The molecule has 0 saturated heterocycles. The van der Waals surface area contributed by atoms with Gasteiger partial charge in [0, 0.05) is 51.7 Å². The first kappa shape index (κ1) is 104. The summed E-state index contributed by atoms with van der Waals surface area (Å²) in [4.78, 5) is 12.1. The Balaban J connectivity index is 0.000000628. The minimum atomic E-state index is -4.24. The summed E-state index contributed by atoms with van der Waals surface area (Å²) in [6.07, 6.45) is 4.96. The van der Waals surface area contributed by atoms with E-state index >= 15 is 0 Å². The molecule has 0 radical (unpaired) electrons. The predicted molar refractivity (Wildman–Crippen MR) is 476 cm³/mol. The maximum absolute atomic E-state index is 13.0. The first-order chi connectivity index (χ1) is 53.4. The Morgan fingerprint density at radius 3 is 1.19 bits per heavy atom. The van der Waals surface area contributed by atoms with E-state index in [1.807, 2.05) is 141 Å². The van der Waals surface area contributed by atoms with Gasteiger partial charge in [0.2, 0.25) is 0 Å². The second-order valence-corrected chi connectivity index (χ2v) is 32.9. The van der Waals surface area contributed by atoms with E-state index in [0.29, 0.717) is 78.4 Å². The van der Waals surface area contributed by atoms with E-state index in [4.69, 9.17) is 46.4 Å². The van der Waals surface area contributed by atoms with Crippen molar-refractivity contribution >= 4 is 62.3 Å². The molecule has 3 heterocycles. The van der Waals surface area contributed by atoms with Gasteiger partial charge in [-0.3, -0.25) is 15.0 Å². The number of pyridine rings is 3. The third-order valence-electron chi connectivity index (χ3n) is 17.0. The van der Waals surface area contributed by atoms with E-state index < -0.39 is 11.7 Å². The second-order valence-electron chi connectivity index (χ2n) is 30.3. The SMILES string of the molecule is CC(C)c1cc(F)cc(Cl)c1.CC(C)c1ccc(Cl)c(F)c1.CC(C)c1ccc(Cl)cc1F.CC(C)c1ccc(F)c(Br)c1.CC(C)c1ccc(F)cc1Cl.CC(C)c1ccccc1.CC(C)c1ccccc1C(F)(F)F.CC(C)c1ccccn1.CC(C)c1cccnc1.CC(C)c1ccncc1.Cc1cccc(C(C)C)c1. The van der Waals surface area contributed by atoms with Crippen LogP contribution < -0.4 is 0 Å². The van der Waals surface area contributed by atoms with Crippen molar-refractivity contribution in [2.24, 2.45) is 0 Å². The third-order valence-corrected chi connectivity index (χ3v) is 18.7. The third kappa shape index (κ3) is 43.9. The quantitative estimate of drug-likeness (QED) is 0.121. The molecule has 3 nitrogen and oxygen atoms in total. The molecule has 0 aliphatic carbocycles. The number of halogens is 13. The summed E-state index contributed by atoms with van der Waals surface area (Å²) in [6.45, 7) is 47.6. The van der Waals surface area contributed by atoms with Crippen molar-refractivity contribution in [3.05, 3.63) is 369 Å². The van der Waals surface area contributed by atoms with Crippen molar-refractivity contribution in [2.45, 2.75) is 231 Å². The highest BCUT2D eigenvalue weighted by Gasteiger charge is 2.33. The Labute approximate surface area is 707 Å². The van der Waals surface area contributed by atoms with Crippen molar-refractivity contribution in [1.29, 1.82) is 0 Å². The average Bonchev–Trinajstić information content (AvgIpc) is 0.822. The number of hydrogen-bond donors (Lipinski definition) is 0. The van der Waals surface area contributed by atoms with Crippen molar-refractivity contribution < 1.29 is 35.1 Å². The van der Waals surface area contributed by atoms with E-state index in [0.717, 1.165) is 39.6 Å². The number of benzene rings is 8. The van der Waals surface area contributed by atoms with Crippen LogP contribution in [0.25, 0.3) is 0 Å². The molecule has 0 fully saturated rings. The standard InChI is InChI=1S/C10H11F3.C10H14.C9H10BrF.4C9H10ClF.C9H12.3C8H11N/c1-7(2)8-5-3-4-6-9(8)10(11,12)13;1-8(2)10-6-4-5-9(3)7-10;1-6(2)7-3-4-9(11)8(10)5-7;1-6(2)7-3-8(10)5-9(11)4-7;1-6(2)8-4-3-7(11)5-9(8)10;1-6(2)8-4-3-7(10)5-9(8)11;1-6(2)7-3-4-8(10)9(11)5-7;1-8(2)9-6-4-3-5-7-9;1-7(2)8-3-5-9-6-4-8;1-7(2)8-4-3-5-9-6-8;1-7(2)8-5-3-4-6-9-8/h3-7H,1-2H3;4-8H,1-3H3;5*3-6H,1-2H3;3-8H,1-2H3;3*3-7H,1-2H3. The molecule has 0 unspecified atom stereocenters.